The van der Waals surface area contributed by atoms with Crippen molar-refractivity contribution < 1.29 is 19.1 Å². The van der Waals surface area contributed by atoms with Crippen LogP contribution < -0.4 is 0 Å². The van der Waals surface area contributed by atoms with E-state index in [2.05, 4.69) is 19.1 Å². The lowest BCUT2D eigenvalue weighted by Crippen LogP contribution is -2.23. The monoisotopic (exact) mass is 374 g/mol. The number of allylic oxidation sites excluding steroid dienone is 4. The van der Waals surface area contributed by atoms with Gasteiger partial charge in [0.25, 0.3) is 0 Å². The summed E-state index contributed by atoms with van der Waals surface area (Å²) in [5, 5.41) is 0. The molecule has 0 radical (unpaired) electrons. The molecule has 0 spiro atoms. The molecule has 0 N–H and O–H groups in total. The van der Waals surface area contributed by atoms with Crippen molar-refractivity contribution in [3.8, 4) is 0 Å². The lowest BCUT2D eigenvalue weighted by atomic mass is 10.1. The van der Waals surface area contributed by atoms with Gasteiger partial charge in [-0.15, -0.1) is 0 Å². The maximum Gasteiger partial charge on any atom is 0.375 e. The molecule has 3 atom stereocenters. The fourth-order valence-corrected chi connectivity index (χ4v) is 3.26. The van der Waals surface area contributed by atoms with Crippen LogP contribution in [0, 0.1) is 0 Å². The van der Waals surface area contributed by atoms with Gasteiger partial charge in [-0.3, -0.25) is 4.79 Å². The topological polar surface area (TPSA) is 55.9 Å². The minimum Gasteiger partial charge on any atom is -0.452 e. The molecule has 2 aliphatic rings. The number of unbranched alkanes of at least 4 members (excludes halogenated alkanes) is 1. The number of ketones is 1. The SMILES string of the molecule is CCCCC1OC1CCC=CC=CC1C/C=C\CCCCCC(=O)C(=O)O1. The zero-order valence-electron chi connectivity index (χ0n) is 16.6. The molecule has 0 amide bonds. The van der Waals surface area contributed by atoms with Crippen molar-refractivity contribution in [3.63, 3.8) is 0 Å². The molecule has 2 heterocycles. The highest BCUT2D eigenvalue weighted by Crippen LogP contribution is 2.30. The van der Waals surface area contributed by atoms with Crippen molar-refractivity contribution in [3.05, 3.63) is 36.5 Å². The molecule has 0 aromatic carbocycles. The van der Waals surface area contributed by atoms with E-state index >= 15 is 0 Å². The summed E-state index contributed by atoms with van der Waals surface area (Å²) in [6, 6.07) is 0. The van der Waals surface area contributed by atoms with Crippen LogP contribution in [0.5, 0.6) is 0 Å². The lowest BCUT2D eigenvalue weighted by Gasteiger charge is -2.12. The fourth-order valence-electron chi connectivity index (χ4n) is 3.26. The van der Waals surface area contributed by atoms with Crippen molar-refractivity contribution in [2.24, 2.45) is 0 Å². The summed E-state index contributed by atoms with van der Waals surface area (Å²) in [5.74, 6) is -1.11. The molecule has 3 unspecified atom stereocenters. The number of hydrogen-bond donors (Lipinski definition) is 0. The van der Waals surface area contributed by atoms with Gasteiger partial charge < -0.3 is 9.47 Å². The number of hydrogen-bond acceptors (Lipinski definition) is 4. The van der Waals surface area contributed by atoms with Crippen LogP contribution in [0.15, 0.2) is 36.5 Å². The Morgan fingerprint density at radius 2 is 1.93 bits per heavy atom. The number of Topliss-reactive ketones (excluding diaryl/α,β-unsaturated/α-hetero) is 1. The molecule has 0 bridgehead atoms. The zero-order valence-corrected chi connectivity index (χ0v) is 16.6. The van der Waals surface area contributed by atoms with Crippen LogP contribution in [0.25, 0.3) is 0 Å². The molecule has 0 aliphatic carbocycles. The van der Waals surface area contributed by atoms with E-state index in [1.54, 1.807) is 0 Å². The first-order chi connectivity index (χ1) is 13.2. The van der Waals surface area contributed by atoms with Crippen LogP contribution in [-0.4, -0.2) is 30.1 Å². The third-order valence-electron chi connectivity index (χ3n) is 5.02. The van der Waals surface area contributed by atoms with Gasteiger partial charge in [0.15, 0.2) is 0 Å². The summed E-state index contributed by atoms with van der Waals surface area (Å²) in [4.78, 5) is 23.7. The molecule has 0 saturated carbocycles. The van der Waals surface area contributed by atoms with Crippen LogP contribution in [-0.2, 0) is 19.1 Å². The molecular formula is C23H34O4. The Bertz CT molecular complexity index is 547. The van der Waals surface area contributed by atoms with Crippen molar-refractivity contribution in [1.29, 1.82) is 0 Å². The second kappa shape index (κ2) is 12.7. The molecule has 4 heteroatoms. The van der Waals surface area contributed by atoms with Crippen molar-refractivity contribution in [2.45, 2.75) is 95.9 Å². The molecule has 2 rings (SSSR count). The van der Waals surface area contributed by atoms with Crippen molar-refractivity contribution in [1.82, 2.24) is 0 Å². The van der Waals surface area contributed by atoms with Gasteiger partial charge in [-0.1, -0.05) is 56.6 Å². The average Bonchev–Trinajstić information content (AvgIpc) is 3.41. The highest BCUT2D eigenvalue weighted by Gasteiger charge is 2.36. The maximum absolute atomic E-state index is 11.9. The third kappa shape index (κ3) is 9.18. The minimum absolute atomic E-state index is 0.293. The van der Waals surface area contributed by atoms with Crippen LogP contribution >= 0.6 is 0 Å². The maximum atomic E-state index is 11.9. The van der Waals surface area contributed by atoms with E-state index in [0.29, 0.717) is 25.0 Å². The number of esters is 1. The summed E-state index contributed by atoms with van der Waals surface area (Å²) in [5.41, 5.74) is 0. The molecule has 2 aliphatic heterocycles. The highest BCUT2D eigenvalue weighted by atomic mass is 16.6. The molecule has 4 nitrogen and oxygen atoms in total. The Balaban J connectivity index is 1.72. The number of ether oxygens (including phenoxy) is 2. The van der Waals surface area contributed by atoms with E-state index in [9.17, 15) is 9.59 Å². The molecule has 0 aromatic rings. The predicted octanol–water partition coefficient (Wildman–Crippen LogP) is 5.23. The van der Waals surface area contributed by atoms with Gasteiger partial charge >= 0.3 is 5.97 Å². The van der Waals surface area contributed by atoms with Gasteiger partial charge in [0, 0.05) is 12.8 Å². The number of carbonyl (C=O) groups is 2. The zero-order chi connectivity index (χ0) is 19.3. The Labute approximate surface area is 163 Å². The molecule has 27 heavy (non-hydrogen) atoms. The van der Waals surface area contributed by atoms with Crippen LogP contribution in [0.2, 0.25) is 0 Å². The second-order valence-corrected chi connectivity index (χ2v) is 7.42. The van der Waals surface area contributed by atoms with E-state index in [-0.39, 0.29) is 6.10 Å². The van der Waals surface area contributed by atoms with E-state index < -0.39 is 11.8 Å². The lowest BCUT2D eigenvalue weighted by molar-refractivity contribution is -0.156. The molecular weight excluding hydrogens is 340 g/mol. The summed E-state index contributed by atoms with van der Waals surface area (Å²) in [6.07, 6.45) is 23.0. The molecule has 1 fully saturated rings. The number of epoxide rings is 1. The van der Waals surface area contributed by atoms with Gasteiger partial charge in [-0.05, 0) is 44.6 Å². The van der Waals surface area contributed by atoms with Gasteiger partial charge in [-0.2, -0.15) is 0 Å². The smallest absolute Gasteiger partial charge is 0.375 e. The van der Waals surface area contributed by atoms with Crippen LogP contribution in [0.4, 0.5) is 0 Å². The third-order valence-corrected chi connectivity index (χ3v) is 5.02. The van der Waals surface area contributed by atoms with Crippen LogP contribution in [0.1, 0.15) is 77.6 Å². The van der Waals surface area contributed by atoms with Crippen molar-refractivity contribution >= 4 is 11.8 Å². The standard InChI is InChI=1S/C23H34O4/c1-2-3-17-21-22(27-21)18-13-9-8-11-15-19-14-10-6-4-5-7-12-16-20(24)23(25)26-19/h6,8-11,15,19,21-22H,2-5,7,12-14,16-18H2,1H3/b9-8?,10-6-,15-11?. The van der Waals surface area contributed by atoms with E-state index in [0.717, 1.165) is 38.5 Å². The van der Waals surface area contributed by atoms with Crippen LogP contribution in [0.3, 0.4) is 0 Å². The largest absolute Gasteiger partial charge is 0.452 e. The summed E-state index contributed by atoms with van der Waals surface area (Å²) >= 11 is 0. The first-order valence-electron chi connectivity index (χ1n) is 10.6. The van der Waals surface area contributed by atoms with Gasteiger partial charge in [0.1, 0.15) is 6.10 Å². The predicted molar refractivity (Wildman–Crippen MR) is 107 cm³/mol. The summed E-state index contributed by atoms with van der Waals surface area (Å²) in [6.45, 7) is 2.21. The Hall–Kier alpha value is -1.68. The summed E-state index contributed by atoms with van der Waals surface area (Å²) in [7, 11) is 0. The second-order valence-electron chi connectivity index (χ2n) is 7.42. The first kappa shape index (κ1) is 21.6. The normalized spacial score (nSPS) is 28.7. The van der Waals surface area contributed by atoms with Crippen molar-refractivity contribution in [2.75, 3.05) is 0 Å². The Morgan fingerprint density at radius 1 is 1.07 bits per heavy atom. The van der Waals surface area contributed by atoms with E-state index in [1.807, 2.05) is 24.3 Å². The number of rotatable bonds is 8. The average molecular weight is 375 g/mol. The Kier molecular flexibility index (Phi) is 10.1. The van der Waals surface area contributed by atoms with E-state index in [1.165, 1.54) is 19.3 Å². The van der Waals surface area contributed by atoms with Gasteiger partial charge in [-0.25, -0.2) is 4.79 Å². The number of carbonyl (C=O) groups excluding carboxylic acids is 2. The molecule has 150 valence electrons. The van der Waals surface area contributed by atoms with Gasteiger partial charge in [0.2, 0.25) is 5.78 Å². The number of cyclic esters (lactones) is 1. The quantitative estimate of drug-likeness (QED) is 0.192. The molecule has 0 aromatic heterocycles. The highest BCUT2D eigenvalue weighted by molar-refractivity contribution is 6.33. The molecule has 1 saturated heterocycles. The van der Waals surface area contributed by atoms with Gasteiger partial charge in [0.05, 0.1) is 12.2 Å². The van der Waals surface area contributed by atoms with E-state index in [4.69, 9.17) is 9.47 Å². The Morgan fingerprint density at radius 3 is 2.78 bits per heavy atom. The first-order valence-corrected chi connectivity index (χ1v) is 10.6. The fraction of sp³-hybridized carbons (Fsp3) is 0.652. The summed E-state index contributed by atoms with van der Waals surface area (Å²) < 4.78 is 11.0. The minimum atomic E-state index is -0.702.